The fourth-order valence-corrected chi connectivity index (χ4v) is 2.33. The molecule has 0 atom stereocenters. The standard InChI is InChI=1S/C14H23N5O/c1-2-15-12-10-13(18-11-17-12)16-7-6-14(20)19-8-4-3-5-9-19/h10-11H,2-9H2,1H3,(H2,15,16,17,18). The second-order valence-corrected chi connectivity index (χ2v) is 4.94. The van der Waals surface area contributed by atoms with E-state index in [9.17, 15) is 4.79 Å². The van der Waals surface area contributed by atoms with Crippen molar-refractivity contribution in [3.05, 3.63) is 12.4 Å². The fourth-order valence-electron chi connectivity index (χ4n) is 2.33. The molecule has 0 spiro atoms. The van der Waals surface area contributed by atoms with Gasteiger partial charge in [0, 0.05) is 38.7 Å². The van der Waals surface area contributed by atoms with Crippen molar-refractivity contribution < 1.29 is 4.79 Å². The molecule has 0 aromatic carbocycles. The van der Waals surface area contributed by atoms with Crippen LogP contribution in [0.5, 0.6) is 0 Å². The molecule has 0 unspecified atom stereocenters. The summed E-state index contributed by atoms with van der Waals surface area (Å²) in [6.07, 6.45) is 5.55. The zero-order valence-corrected chi connectivity index (χ0v) is 12.1. The van der Waals surface area contributed by atoms with E-state index in [1.807, 2.05) is 17.9 Å². The molecule has 1 aromatic rings. The zero-order valence-electron chi connectivity index (χ0n) is 12.1. The maximum atomic E-state index is 12.0. The first kappa shape index (κ1) is 14.6. The summed E-state index contributed by atoms with van der Waals surface area (Å²) in [5.74, 6) is 1.79. The molecule has 1 aliphatic rings. The third-order valence-electron chi connectivity index (χ3n) is 3.38. The molecule has 1 fully saturated rings. The predicted molar refractivity (Wildman–Crippen MR) is 79.7 cm³/mol. The van der Waals surface area contributed by atoms with Gasteiger partial charge in [0.15, 0.2) is 0 Å². The highest BCUT2D eigenvalue weighted by Gasteiger charge is 2.15. The van der Waals surface area contributed by atoms with E-state index in [1.165, 1.54) is 12.7 Å². The van der Waals surface area contributed by atoms with E-state index in [0.29, 0.717) is 13.0 Å². The van der Waals surface area contributed by atoms with Gasteiger partial charge in [-0.3, -0.25) is 4.79 Å². The second kappa shape index (κ2) is 7.67. The number of carbonyl (C=O) groups excluding carboxylic acids is 1. The number of nitrogens with zero attached hydrogens (tertiary/aromatic N) is 3. The van der Waals surface area contributed by atoms with Gasteiger partial charge >= 0.3 is 0 Å². The van der Waals surface area contributed by atoms with Crippen LogP contribution in [0.4, 0.5) is 11.6 Å². The molecule has 0 radical (unpaired) electrons. The van der Waals surface area contributed by atoms with Crippen LogP contribution in [0.25, 0.3) is 0 Å². The Morgan fingerprint density at radius 2 is 1.90 bits per heavy atom. The van der Waals surface area contributed by atoms with Crippen molar-refractivity contribution in [2.75, 3.05) is 36.8 Å². The van der Waals surface area contributed by atoms with Gasteiger partial charge in [-0.1, -0.05) is 0 Å². The number of hydrogen-bond acceptors (Lipinski definition) is 5. The highest BCUT2D eigenvalue weighted by molar-refractivity contribution is 5.76. The van der Waals surface area contributed by atoms with E-state index in [2.05, 4.69) is 20.6 Å². The van der Waals surface area contributed by atoms with E-state index in [4.69, 9.17) is 0 Å². The lowest BCUT2D eigenvalue weighted by atomic mass is 10.1. The van der Waals surface area contributed by atoms with E-state index in [0.717, 1.165) is 44.1 Å². The highest BCUT2D eigenvalue weighted by atomic mass is 16.2. The quantitative estimate of drug-likeness (QED) is 0.828. The number of hydrogen-bond donors (Lipinski definition) is 2. The summed E-state index contributed by atoms with van der Waals surface area (Å²) < 4.78 is 0. The van der Waals surface area contributed by atoms with Gasteiger partial charge in [-0.15, -0.1) is 0 Å². The summed E-state index contributed by atoms with van der Waals surface area (Å²) in [5, 5.41) is 6.31. The molecule has 1 amide bonds. The van der Waals surface area contributed by atoms with Crippen molar-refractivity contribution >= 4 is 17.5 Å². The first-order valence-electron chi connectivity index (χ1n) is 7.37. The molecular formula is C14H23N5O. The molecular weight excluding hydrogens is 254 g/mol. The molecule has 6 heteroatoms. The van der Waals surface area contributed by atoms with Gasteiger partial charge in [-0.05, 0) is 26.2 Å². The maximum Gasteiger partial charge on any atom is 0.224 e. The minimum Gasteiger partial charge on any atom is -0.370 e. The van der Waals surface area contributed by atoms with Gasteiger partial charge in [0.1, 0.15) is 18.0 Å². The van der Waals surface area contributed by atoms with Gasteiger partial charge in [0.2, 0.25) is 5.91 Å². The first-order chi connectivity index (χ1) is 9.79. The zero-order chi connectivity index (χ0) is 14.2. The van der Waals surface area contributed by atoms with Gasteiger partial charge in [-0.25, -0.2) is 9.97 Å². The second-order valence-electron chi connectivity index (χ2n) is 4.94. The number of anilines is 2. The first-order valence-corrected chi connectivity index (χ1v) is 7.37. The number of aromatic nitrogens is 2. The van der Waals surface area contributed by atoms with Crippen molar-refractivity contribution in [2.24, 2.45) is 0 Å². The lowest BCUT2D eigenvalue weighted by Gasteiger charge is -2.26. The maximum absolute atomic E-state index is 12.0. The largest absolute Gasteiger partial charge is 0.370 e. The van der Waals surface area contributed by atoms with Gasteiger partial charge in [0.25, 0.3) is 0 Å². The Hall–Kier alpha value is -1.85. The number of piperidine rings is 1. The molecule has 0 aliphatic carbocycles. The number of carbonyl (C=O) groups is 1. The van der Waals surface area contributed by atoms with E-state index in [1.54, 1.807) is 0 Å². The van der Waals surface area contributed by atoms with Gasteiger partial charge < -0.3 is 15.5 Å². The van der Waals surface area contributed by atoms with Crippen LogP contribution in [-0.2, 0) is 4.79 Å². The summed E-state index contributed by atoms with van der Waals surface area (Å²) in [5.41, 5.74) is 0. The number of amides is 1. The van der Waals surface area contributed by atoms with Crippen LogP contribution in [0.3, 0.4) is 0 Å². The fraction of sp³-hybridized carbons (Fsp3) is 0.643. The third-order valence-corrected chi connectivity index (χ3v) is 3.38. The monoisotopic (exact) mass is 277 g/mol. The summed E-state index contributed by atoms with van der Waals surface area (Å²) >= 11 is 0. The van der Waals surface area contributed by atoms with Crippen LogP contribution < -0.4 is 10.6 Å². The minimum atomic E-state index is 0.234. The van der Waals surface area contributed by atoms with Gasteiger partial charge in [0.05, 0.1) is 0 Å². The normalized spacial score (nSPS) is 14.9. The Morgan fingerprint density at radius 3 is 2.60 bits per heavy atom. The molecule has 1 saturated heterocycles. The Balaban J connectivity index is 1.74. The summed E-state index contributed by atoms with van der Waals surface area (Å²) in [6.45, 7) is 5.28. The van der Waals surface area contributed by atoms with Crippen molar-refractivity contribution in [3.8, 4) is 0 Å². The molecule has 6 nitrogen and oxygen atoms in total. The molecule has 1 aliphatic heterocycles. The minimum absolute atomic E-state index is 0.234. The summed E-state index contributed by atoms with van der Waals surface area (Å²) in [4.78, 5) is 22.2. The van der Waals surface area contributed by atoms with Crippen LogP contribution >= 0.6 is 0 Å². The van der Waals surface area contributed by atoms with Crippen LogP contribution in [0.1, 0.15) is 32.6 Å². The van der Waals surface area contributed by atoms with Crippen molar-refractivity contribution in [1.82, 2.24) is 14.9 Å². The molecule has 2 heterocycles. The predicted octanol–water partition coefficient (Wildman–Crippen LogP) is 1.72. The average Bonchev–Trinajstić information content (AvgIpc) is 2.49. The van der Waals surface area contributed by atoms with Crippen molar-refractivity contribution in [3.63, 3.8) is 0 Å². The Morgan fingerprint density at radius 1 is 1.20 bits per heavy atom. The van der Waals surface area contributed by atoms with Crippen LogP contribution in [0.15, 0.2) is 12.4 Å². The highest BCUT2D eigenvalue weighted by Crippen LogP contribution is 2.11. The Labute approximate surface area is 120 Å². The summed E-state index contributed by atoms with van der Waals surface area (Å²) in [7, 11) is 0. The molecule has 0 bridgehead atoms. The smallest absolute Gasteiger partial charge is 0.224 e. The SMILES string of the molecule is CCNc1cc(NCCC(=O)N2CCCCC2)ncn1. The molecule has 1 aromatic heterocycles. The van der Waals surface area contributed by atoms with Crippen LogP contribution in [0.2, 0.25) is 0 Å². The molecule has 110 valence electrons. The number of rotatable bonds is 6. The van der Waals surface area contributed by atoms with Crippen molar-refractivity contribution in [2.45, 2.75) is 32.6 Å². The van der Waals surface area contributed by atoms with Crippen molar-refractivity contribution in [1.29, 1.82) is 0 Å². The Bertz CT molecular complexity index is 431. The van der Waals surface area contributed by atoms with Crippen LogP contribution in [0, 0.1) is 0 Å². The van der Waals surface area contributed by atoms with E-state index >= 15 is 0 Å². The molecule has 0 saturated carbocycles. The Kier molecular flexibility index (Phi) is 5.58. The average molecular weight is 277 g/mol. The lowest BCUT2D eigenvalue weighted by Crippen LogP contribution is -2.36. The molecule has 20 heavy (non-hydrogen) atoms. The van der Waals surface area contributed by atoms with Gasteiger partial charge in [-0.2, -0.15) is 0 Å². The lowest BCUT2D eigenvalue weighted by molar-refractivity contribution is -0.131. The van der Waals surface area contributed by atoms with Crippen LogP contribution in [-0.4, -0.2) is 47.0 Å². The molecule has 2 rings (SSSR count). The number of nitrogens with one attached hydrogen (secondary N) is 2. The summed E-state index contributed by atoms with van der Waals surface area (Å²) in [6, 6.07) is 1.86. The number of likely N-dealkylation sites (tertiary alicyclic amines) is 1. The van der Waals surface area contributed by atoms with E-state index < -0.39 is 0 Å². The molecule has 2 N–H and O–H groups in total. The topological polar surface area (TPSA) is 70.2 Å². The van der Waals surface area contributed by atoms with E-state index in [-0.39, 0.29) is 5.91 Å². The third kappa shape index (κ3) is 4.36.